The largest absolute Gasteiger partial charge is 0.497 e. The number of amides is 1. The maximum absolute atomic E-state index is 12.3. The highest BCUT2D eigenvalue weighted by Gasteiger charge is 2.08. The Balaban J connectivity index is 1.65. The van der Waals surface area contributed by atoms with E-state index in [4.69, 9.17) is 4.74 Å². The third-order valence-electron chi connectivity index (χ3n) is 3.68. The number of aryl methyl sites for hydroxylation is 1. The molecule has 0 aliphatic rings. The van der Waals surface area contributed by atoms with Crippen LogP contribution in [-0.4, -0.2) is 18.0 Å². The summed E-state index contributed by atoms with van der Waals surface area (Å²) in [5.74, 6) is 0.895. The van der Waals surface area contributed by atoms with Crippen LogP contribution in [-0.2, 0) is 0 Å². The summed E-state index contributed by atoms with van der Waals surface area (Å²) < 4.78 is 5.13. The summed E-state index contributed by atoms with van der Waals surface area (Å²) in [7, 11) is 1.57. The lowest BCUT2D eigenvalue weighted by molar-refractivity contribution is 0.102. The molecule has 25 heavy (non-hydrogen) atoms. The minimum Gasteiger partial charge on any atom is -0.497 e. The van der Waals surface area contributed by atoms with Gasteiger partial charge in [-0.1, -0.05) is 23.8 Å². The average Bonchev–Trinajstić information content (AvgIpc) is 2.65. The highest BCUT2D eigenvalue weighted by molar-refractivity contribution is 6.04. The van der Waals surface area contributed by atoms with Gasteiger partial charge in [-0.3, -0.25) is 4.79 Å². The highest BCUT2D eigenvalue weighted by Crippen LogP contribution is 2.18. The predicted octanol–water partition coefficient (Wildman–Crippen LogP) is 4.39. The molecule has 2 aromatic carbocycles. The fraction of sp³-hybridized carbons (Fsp3) is 0.100. The number of anilines is 3. The van der Waals surface area contributed by atoms with Gasteiger partial charge in [-0.25, -0.2) is 4.98 Å². The van der Waals surface area contributed by atoms with E-state index in [9.17, 15) is 4.79 Å². The van der Waals surface area contributed by atoms with Gasteiger partial charge in [-0.2, -0.15) is 0 Å². The van der Waals surface area contributed by atoms with E-state index in [0.717, 1.165) is 11.4 Å². The summed E-state index contributed by atoms with van der Waals surface area (Å²) in [4.78, 5) is 16.5. The molecule has 2 N–H and O–H groups in total. The number of hydrogen-bond acceptors (Lipinski definition) is 4. The first kappa shape index (κ1) is 16.5. The summed E-state index contributed by atoms with van der Waals surface area (Å²) >= 11 is 0. The maximum Gasteiger partial charge on any atom is 0.256 e. The van der Waals surface area contributed by atoms with Gasteiger partial charge in [-0.05, 0) is 49.4 Å². The lowest BCUT2D eigenvalue weighted by Gasteiger charge is -2.09. The lowest BCUT2D eigenvalue weighted by atomic mass is 10.2. The first-order valence-corrected chi connectivity index (χ1v) is 7.89. The number of hydrogen-bond donors (Lipinski definition) is 2. The van der Waals surface area contributed by atoms with Crippen molar-refractivity contribution in [1.29, 1.82) is 0 Å². The van der Waals surface area contributed by atoms with E-state index in [1.165, 1.54) is 5.56 Å². The van der Waals surface area contributed by atoms with E-state index in [0.29, 0.717) is 17.1 Å². The molecule has 0 saturated heterocycles. The van der Waals surface area contributed by atoms with Crippen molar-refractivity contribution < 1.29 is 9.53 Å². The second-order valence-corrected chi connectivity index (χ2v) is 5.61. The van der Waals surface area contributed by atoms with Crippen molar-refractivity contribution in [2.24, 2.45) is 0 Å². The Labute approximate surface area is 146 Å². The molecule has 126 valence electrons. The number of carbonyl (C=O) groups is 1. The van der Waals surface area contributed by atoms with Gasteiger partial charge in [-0.15, -0.1) is 0 Å². The summed E-state index contributed by atoms with van der Waals surface area (Å²) in [5.41, 5.74) is 3.56. The van der Waals surface area contributed by atoms with Crippen LogP contribution in [0.2, 0.25) is 0 Å². The monoisotopic (exact) mass is 333 g/mol. The normalized spacial score (nSPS) is 10.2. The number of nitrogens with zero attached hydrogens (tertiary/aromatic N) is 1. The summed E-state index contributed by atoms with van der Waals surface area (Å²) in [6, 6.07) is 18.7. The molecule has 0 bridgehead atoms. The smallest absolute Gasteiger partial charge is 0.256 e. The van der Waals surface area contributed by atoms with Gasteiger partial charge in [0.05, 0.1) is 19.0 Å². The van der Waals surface area contributed by atoms with E-state index in [-0.39, 0.29) is 5.91 Å². The topological polar surface area (TPSA) is 63.2 Å². The fourth-order valence-electron chi connectivity index (χ4n) is 2.30. The lowest BCUT2D eigenvalue weighted by Crippen LogP contribution is -2.12. The number of benzene rings is 2. The number of ether oxygens (including phenoxy) is 1. The maximum atomic E-state index is 12.3. The van der Waals surface area contributed by atoms with Crippen molar-refractivity contribution in [1.82, 2.24) is 4.98 Å². The number of carbonyl (C=O) groups excluding carboxylic acids is 1. The molecule has 0 spiro atoms. The summed E-state index contributed by atoms with van der Waals surface area (Å²) in [5, 5.41) is 6.04. The van der Waals surface area contributed by atoms with Crippen LogP contribution in [0.5, 0.6) is 5.75 Å². The fourth-order valence-corrected chi connectivity index (χ4v) is 2.30. The third-order valence-corrected chi connectivity index (χ3v) is 3.68. The second-order valence-electron chi connectivity index (χ2n) is 5.61. The molecule has 1 heterocycles. The number of rotatable bonds is 5. The molecule has 3 rings (SSSR count). The van der Waals surface area contributed by atoms with Crippen molar-refractivity contribution in [3.8, 4) is 5.75 Å². The van der Waals surface area contributed by atoms with Gasteiger partial charge in [0.1, 0.15) is 11.6 Å². The van der Waals surface area contributed by atoms with Gasteiger partial charge in [0.15, 0.2) is 0 Å². The zero-order chi connectivity index (χ0) is 17.6. The number of nitrogens with one attached hydrogen (secondary N) is 2. The Morgan fingerprint density at radius 3 is 2.44 bits per heavy atom. The molecule has 0 radical (unpaired) electrons. The van der Waals surface area contributed by atoms with E-state index in [2.05, 4.69) is 15.6 Å². The molecule has 5 heteroatoms. The Morgan fingerprint density at radius 1 is 1.00 bits per heavy atom. The molecule has 0 saturated carbocycles. The van der Waals surface area contributed by atoms with Crippen LogP contribution in [0.1, 0.15) is 15.9 Å². The van der Waals surface area contributed by atoms with Crippen LogP contribution in [0.25, 0.3) is 0 Å². The standard InChI is InChI=1S/C20H19N3O2/c1-14-6-8-16(9-7-14)22-17-10-11-19(21-13-17)23-20(24)15-4-3-5-18(12-15)25-2/h3-13,22H,1-2H3,(H,21,23,24). The zero-order valence-electron chi connectivity index (χ0n) is 14.1. The van der Waals surface area contributed by atoms with Crippen LogP contribution in [0.4, 0.5) is 17.2 Å². The van der Waals surface area contributed by atoms with Crippen molar-refractivity contribution in [2.75, 3.05) is 17.7 Å². The van der Waals surface area contributed by atoms with Crippen LogP contribution >= 0.6 is 0 Å². The van der Waals surface area contributed by atoms with E-state index >= 15 is 0 Å². The Kier molecular flexibility index (Phi) is 4.95. The Bertz CT molecular complexity index is 859. The van der Waals surface area contributed by atoms with Gasteiger partial charge >= 0.3 is 0 Å². The molecule has 0 aliphatic carbocycles. The molecule has 0 fully saturated rings. The summed E-state index contributed by atoms with van der Waals surface area (Å²) in [6.45, 7) is 2.05. The molecule has 0 unspecified atom stereocenters. The molecular weight excluding hydrogens is 314 g/mol. The molecule has 5 nitrogen and oxygen atoms in total. The molecule has 1 amide bonds. The molecule has 1 aromatic heterocycles. The highest BCUT2D eigenvalue weighted by atomic mass is 16.5. The first-order chi connectivity index (χ1) is 12.1. The van der Waals surface area contributed by atoms with Crippen molar-refractivity contribution in [3.05, 3.63) is 78.0 Å². The van der Waals surface area contributed by atoms with Crippen molar-refractivity contribution in [2.45, 2.75) is 6.92 Å². The van der Waals surface area contributed by atoms with Gasteiger partial charge in [0, 0.05) is 11.3 Å². The van der Waals surface area contributed by atoms with Gasteiger partial charge in [0.25, 0.3) is 5.91 Å². The van der Waals surface area contributed by atoms with E-state index in [1.54, 1.807) is 43.6 Å². The minimum atomic E-state index is -0.231. The zero-order valence-corrected chi connectivity index (χ0v) is 14.1. The van der Waals surface area contributed by atoms with Gasteiger partial charge < -0.3 is 15.4 Å². The number of methoxy groups -OCH3 is 1. The molecule has 0 atom stereocenters. The Hall–Kier alpha value is -3.34. The second kappa shape index (κ2) is 7.49. The molecule has 0 aliphatic heterocycles. The van der Waals surface area contributed by atoms with Crippen molar-refractivity contribution in [3.63, 3.8) is 0 Å². The average molecular weight is 333 g/mol. The first-order valence-electron chi connectivity index (χ1n) is 7.89. The quantitative estimate of drug-likeness (QED) is 0.727. The van der Waals surface area contributed by atoms with Crippen LogP contribution in [0.15, 0.2) is 66.9 Å². The predicted molar refractivity (Wildman–Crippen MR) is 99.6 cm³/mol. The third kappa shape index (κ3) is 4.35. The van der Waals surface area contributed by atoms with E-state index in [1.807, 2.05) is 37.3 Å². The Morgan fingerprint density at radius 2 is 1.76 bits per heavy atom. The van der Waals surface area contributed by atoms with Crippen LogP contribution in [0, 0.1) is 6.92 Å². The van der Waals surface area contributed by atoms with Crippen LogP contribution < -0.4 is 15.4 Å². The minimum absolute atomic E-state index is 0.231. The van der Waals surface area contributed by atoms with Crippen LogP contribution in [0.3, 0.4) is 0 Å². The number of pyridine rings is 1. The molecule has 3 aromatic rings. The van der Waals surface area contributed by atoms with Crippen molar-refractivity contribution >= 4 is 23.1 Å². The summed E-state index contributed by atoms with van der Waals surface area (Å²) in [6.07, 6.45) is 1.68. The van der Waals surface area contributed by atoms with Gasteiger partial charge in [0.2, 0.25) is 0 Å². The van der Waals surface area contributed by atoms with E-state index < -0.39 is 0 Å². The number of aromatic nitrogens is 1. The SMILES string of the molecule is COc1cccc(C(=O)Nc2ccc(Nc3ccc(C)cc3)cn2)c1. The molecular formula is C20H19N3O2.